The lowest BCUT2D eigenvalue weighted by Gasteiger charge is -2.08. The average molecular weight is 400 g/mol. The normalized spacial score (nSPS) is 11.1. The molecular formula is C19H20N4O4S. The molecule has 0 aliphatic carbocycles. The van der Waals surface area contributed by atoms with Crippen LogP contribution in [0.15, 0.2) is 60.8 Å². The minimum atomic E-state index is -3.35. The molecule has 0 saturated carbocycles. The molecule has 0 atom stereocenters. The third kappa shape index (κ3) is 4.49. The Morgan fingerprint density at radius 3 is 2.32 bits per heavy atom. The van der Waals surface area contributed by atoms with E-state index in [9.17, 15) is 13.2 Å². The van der Waals surface area contributed by atoms with E-state index in [4.69, 9.17) is 4.74 Å². The van der Waals surface area contributed by atoms with E-state index in [1.54, 1.807) is 42.1 Å². The molecule has 0 bridgehead atoms. The van der Waals surface area contributed by atoms with E-state index < -0.39 is 15.9 Å². The van der Waals surface area contributed by atoms with Crippen molar-refractivity contribution < 1.29 is 17.9 Å². The van der Waals surface area contributed by atoms with Gasteiger partial charge in [0, 0.05) is 11.4 Å². The highest BCUT2D eigenvalue weighted by Crippen LogP contribution is 2.21. The highest BCUT2D eigenvalue weighted by Gasteiger charge is 2.18. The Balaban J connectivity index is 1.77. The van der Waals surface area contributed by atoms with Crippen molar-refractivity contribution >= 4 is 27.3 Å². The number of nitrogens with one attached hydrogen (secondary N) is 2. The molecule has 2 N–H and O–H groups in total. The van der Waals surface area contributed by atoms with Crippen molar-refractivity contribution in [3.05, 3.63) is 66.5 Å². The summed E-state index contributed by atoms with van der Waals surface area (Å²) in [6.07, 6.45) is 1.63. The lowest BCUT2D eigenvalue weighted by Crippen LogP contribution is -2.15. The van der Waals surface area contributed by atoms with Gasteiger partial charge in [0.1, 0.15) is 0 Å². The van der Waals surface area contributed by atoms with Gasteiger partial charge >= 0.3 is 0 Å². The van der Waals surface area contributed by atoms with Crippen molar-refractivity contribution in [1.82, 2.24) is 9.78 Å². The molecule has 28 heavy (non-hydrogen) atoms. The van der Waals surface area contributed by atoms with E-state index in [1.807, 2.05) is 30.3 Å². The minimum absolute atomic E-state index is 0.0185. The number of hydrogen-bond acceptors (Lipinski definition) is 5. The van der Waals surface area contributed by atoms with E-state index in [1.165, 1.54) is 7.11 Å². The average Bonchev–Trinajstić information content (AvgIpc) is 3.15. The number of hydrogen-bond donors (Lipinski definition) is 2. The second kappa shape index (κ2) is 8.13. The summed E-state index contributed by atoms with van der Waals surface area (Å²) in [6.45, 7) is 1.55. The zero-order valence-corrected chi connectivity index (χ0v) is 16.2. The first-order chi connectivity index (χ1) is 13.4. The van der Waals surface area contributed by atoms with Gasteiger partial charge in [-0.15, -0.1) is 0 Å². The van der Waals surface area contributed by atoms with Crippen LogP contribution in [0.3, 0.4) is 0 Å². The van der Waals surface area contributed by atoms with Gasteiger partial charge in [0.05, 0.1) is 24.7 Å². The van der Waals surface area contributed by atoms with Crippen molar-refractivity contribution in [2.45, 2.75) is 6.92 Å². The van der Waals surface area contributed by atoms with E-state index in [-0.39, 0.29) is 11.4 Å². The molecule has 1 aromatic heterocycles. The summed E-state index contributed by atoms with van der Waals surface area (Å²) in [4.78, 5) is 12.6. The Labute approximate surface area is 163 Å². The number of carbonyl (C=O) groups is 1. The molecule has 0 aliphatic rings. The maximum atomic E-state index is 12.6. The number of para-hydroxylation sites is 1. The number of rotatable bonds is 7. The number of amides is 1. The summed E-state index contributed by atoms with van der Waals surface area (Å²) in [5.41, 5.74) is 1.86. The van der Waals surface area contributed by atoms with E-state index in [2.05, 4.69) is 15.1 Å². The van der Waals surface area contributed by atoms with Crippen LogP contribution in [0, 0.1) is 0 Å². The zero-order chi connectivity index (χ0) is 20.1. The van der Waals surface area contributed by atoms with Crippen molar-refractivity contribution in [2.75, 3.05) is 22.9 Å². The van der Waals surface area contributed by atoms with Gasteiger partial charge < -0.3 is 10.1 Å². The number of benzene rings is 2. The number of methoxy groups -OCH3 is 1. The Morgan fingerprint density at radius 2 is 1.71 bits per heavy atom. The summed E-state index contributed by atoms with van der Waals surface area (Å²) in [6, 6.07) is 15.7. The van der Waals surface area contributed by atoms with Crippen LogP contribution in [-0.2, 0) is 10.0 Å². The Hall–Kier alpha value is -3.33. The number of ether oxygens (including phenoxy) is 1. The maximum Gasteiger partial charge on any atom is 0.280 e. The molecule has 3 rings (SSSR count). The third-order valence-corrected chi connectivity index (χ3v) is 5.24. The van der Waals surface area contributed by atoms with Gasteiger partial charge in [0.15, 0.2) is 11.4 Å². The topological polar surface area (TPSA) is 102 Å². The molecule has 8 nitrogen and oxygen atoms in total. The summed E-state index contributed by atoms with van der Waals surface area (Å²) in [5.74, 6) is -0.114. The third-order valence-electron chi connectivity index (χ3n) is 3.93. The van der Waals surface area contributed by atoms with Gasteiger partial charge in [-0.2, -0.15) is 5.10 Å². The fraction of sp³-hybridized carbons (Fsp3) is 0.158. The molecular weight excluding hydrogens is 380 g/mol. The molecule has 9 heteroatoms. The van der Waals surface area contributed by atoms with Crippen LogP contribution in [0.25, 0.3) is 5.69 Å². The molecule has 0 saturated heterocycles. The number of anilines is 2. The molecule has 0 unspecified atom stereocenters. The second-order valence-corrected chi connectivity index (χ2v) is 7.87. The van der Waals surface area contributed by atoms with Crippen molar-refractivity contribution in [3.63, 3.8) is 0 Å². The van der Waals surface area contributed by atoms with Crippen LogP contribution in [0.5, 0.6) is 5.75 Å². The number of nitrogens with zero attached hydrogens (tertiary/aromatic N) is 2. The lowest BCUT2D eigenvalue weighted by molar-refractivity contribution is 0.101. The number of carbonyl (C=O) groups excluding carboxylic acids is 1. The minimum Gasteiger partial charge on any atom is -0.493 e. The molecule has 1 amide bonds. The predicted octanol–water partition coefficient (Wildman–Crippen LogP) is 2.89. The Kier molecular flexibility index (Phi) is 5.65. The summed E-state index contributed by atoms with van der Waals surface area (Å²) in [7, 11) is -1.88. The first-order valence-electron chi connectivity index (χ1n) is 8.53. The van der Waals surface area contributed by atoms with Gasteiger partial charge in [-0.05, 0) is 43.3 Å². The van der Waals surface area contributed by atoms with Crippen molar-refractivity contribution in [2.24, 2.45) is 0 Å². The molecule has 0 aliphatic heterocycles. The van der Waals surface area contributed by atoms with Gasteiger partial charge in [0.25, 0.3) is 5.91 Å². The fourth-order valence-corrected chi connectivity index (χ4v) is 3.08. The van der Waals surface area contributed by atoms with E-state index >= 15 is 0 Å². The fourth-order valence-electron chi connectivity index (χ4n) is 2.44. The summed E-state index contributed by atoms with van der Waals surface area (Å²) in [5, 5.41) is 7.04. The summed E-state index contributed by atoms with van der Waals surface area (Å²) >= 11 is 0. The first-order valence-corrected chi connectivity index (χ1v) is 10.2. The van der Waals surface area contributed by atoms with Gasteiger partial charge in [-0.25, -0.2) is 13.1 Å². The zero-order valence-electron chi connectivity index (χ0n) is 15.4. The molecule has 0 fully saturated rings. The number of sulfonamides is 1. The maximum absolute atomic E-state index is 12.6. The number of aromatic nitrogens is 2. The highest BCUT2D eigenvalue weighted by atomic mass is 32.2. The van der Waals surface area contributed by atoms with Crippen LogP contribution >= 0.6 is 0 Å². The lowest BCUT2D eigenvalue weighted by atomic mass is 10.2. The SMILES string of the molecule is CCS(=O)(=O)Nc1ccc(NC(=O)c2nn(-c3ccccc3)cc2OC)cc1. The molecule has 146 valence electrons. The summed E-state index contributed by atoms with van der Waals surface area (Å²) < 4.78 is 32.5. The predicted molar refractivity (Wildman–Crippen MR) is 108 cm³/mol. The van der Waals surface area contributed by atoms with E-state index in [0.717, 1.165) is 5.69 Å². The second-order valence-electron chi connectivity index (χ2n) is 5.86. The molecule has 2 aromatic carbocycles. The largest absolute Gasteiger partial charge is 0.493 e. The van der Waals surface area contributed by atoms with Gasteiger partial charge in [0.2, 0.25) is 10.0 Å². The molecule has 3 aromatic rings. The standard InChI is InChI=1S/C19H20N4O4S/c1-3-28(25,26)22-15-11-9-14(10-12-15)20-19(24)18-17(27-2)13-23(21-18)16-7-5-4-6-8-16/h4-13,22H,3H2,1-2H3,(H,20,24). The quantitative estimate of drug-likeness (QED) is 0.635. The van der Waals surface area contributed by atoms with Gasteiger partial charge in [-0.3, -0.25) is 9.52 Å². The first kappa shape index (κ1) is 19.4. The van der Waals surface area contributed by atoms with Crippen LogP contribution in [-0.4, -0.2) is 37.0 Å². The van der Waals surface area contributed by atoms with E-state index in [0.29, 0.717) is 17.1 Å². The van der Waals surface area contributed by atoms with Crippen molar-refractivity contribution in [3.8, 4) is 11.4 Å². The Morgan fingerprint density at radius 1 is 1.07 bits per heavy atom. The van der Waals surface area contributed by atoms with Crippen LogP contribution in [0.2, 0.25) is 0 Å². The smallest absolute Gasteiger partial charge is 0.280 e. The molecule has 0 spiro atoms. The van der Waals surface area contributed by atoms with Gasteiger partial charge in [-0.1, -0.05) is 18.2 Å². The van der Waals surface area contributed by atoms with Crippen LogP contribution in [0.1, 0.15) is 17.4 Å². The molecule has 0 radical (unpaired) electrons. The highest BCUT2D eigenvalue weighted by molar-refractivity contribution is 7.92. The monoisotopic (exact) mass is 400 g/mol. The Bertz CT molecular complexity index is 1060. The van der Waals surface area contributed by atoms with Crippen LogP contribution in [0.4, 0.5) is 11.4 Å². The van der Waals surface area contributed by atoms with Crippen molar-refractivity contribution in [1.29, 1.82) is 0 Å². The van der Waals surface area contributed by atoms with Crippen LogP contribution < -0.4 is 14.8 Å². The molecule has 1 heterocycles.